The third-order valence-electron chi connectivity index (χ3n) is 3.09. The number of carbonyl (C=O) groups excluding carboxylic acids is 1. The van der Waals surface area contributed by atoms with Crippen LogP contribution in [0, 0.1) is 5.92 Å². The summed E-state index contributed by atoms with van der Waals surface area (Å²) in [6.45, 7) is 0.684. The molecule has 2 rings (SSSR count). The van der Waals surface area contributed by atoms with E-state index in [4.69, 9.17) is 11.6 Å². The Morgan fingerprint density at radius 2 is 2.35 bits per heavy atom. The van der Waals surface area contributed by atoms with Crippen LogP contribution < -0.4 is 0 Å². The molecule has 0 saturated heterocycles. The molecule has 0 atom stereocenters. The van der Waals surface area contributed by atoms with Gasteiger partial charge in [0.1, 0.15) is 5.75 Å². The van der Waals surface area contributed by atoms with Gasteiger partial charge in [0.15, 0.2) is 0 Å². The zero-order valence-corrected chi connectivity index (χ0v) is 10.4. The Morgan fingerprint density at radius 3 is 2.94 bits per heavy atom. The Balaban J connectivity index is 1.97. The zero-order valence-electron chi connectivity index (χ0n) is 9.64. The highest BCUT2D eigenvalue weighted by molar-refractivity contribution is 6.21. The first-order valence-electron chi connectivity index (χ1n) is 5.60. The van der Waals surface area contributed by atoms with Crippen molar-refractivity contribution >= 4 is 17.5 Å². The molecule has 0 spiro atoms. The highest BCUT2D eigenvalue weighted by Crippen LogP contribution is 2.32. The number of amides is 1. The summed E-state index contributed by atoms with van der Waals surface area (Å²) in [5.41, 5.74) is 0.296. The monoisotopic (exact) mass is 254 g/mol. The van der Waals surface area contributed by atoms with E-state index in [0.717, 1.165) is 12.8 Å². The van der Waals surface area contributed by atoms with Crippen LogP contribution in [-0.4, -0.2) is 39.9 Å². The van der Waals surface area contributed by atoms with Crippen LogP contribution in [0.1, 0.15) is 23.2 Å². The number of alkyl halides is 1. The van der Waals surface area contributed by atoms with Gasteiger partial charge in [-0.05, 0) is 24.8 Å². The maximum Gasteiger partial charge on any atom is 0.257 e. The lowest BCUT2D eigenvalue weighted by Gasteiger charge is -2.34. The number of aromatic nitrogens is 1. The fraction of sp³-hybridized carbons (Fsp3) is 0.500. The first kappa shape index (κ1) is 12.2. The quantitative estimate of drug-likeness (QED) is 0.838. The molecule has 1 heterocycles. The van der Waals surface area contributed by atoms with E-state index in [9.17, 15) is 9.90 Å². The van der Waals surface area contributed by atoms with Gasteiger partial charge in [0.2, 0.25) is 0 Å². The van der Waals surface area contributed by atoms with E-state index in [2.05, 4.69) is 4.98 Å². The van der Waals surface area contributed by atoms with Crippen LogP contribution in [-0.2, 0) is 0 Å². The minimum atomic E-state index is -0.178. The average Bonchev–Trinajstić information content (AvgIpc) is 2.26. The maximum absolute atomic E-state index is 12.0. The van der Waals surface area contributed by atoms with Crippen molar-refractivity contribution in [2.75, 3.05) is 13.6 Å². The third-order valence-corrected chi connectivity index (χ3v) is 3.44. The molecule has 0 aliphatic heterocycles. The van der Waals surface area contributed by atoms with Crippen LogP contribution in [0.5, 0.6) is 5.75 Å². The van der Waals surface area contributed by atoms with Crippen molar-refractivity contribution in [3.8, 4) is 5.75 Å². The molecule has 4 nitrogen and oxygen atoms in total. The minimum Gasteiger partial charge on any atom is -0.505 e. The Bertz CT molecular complexity index is 419. The summed E-state index contributed by atoms with van der Waals surface area (Å²) in [6.07, 6.45) is 4.70. The van der Waals surface area contributed by atoms with Crippen molar-refractivity contribution in [2.24, 2.45) is 5.92 Å². The van der Waals surface area contributed by atoms with Gasteiger partial charge in [0.25, 0.3) is 5.91 Å². The summed E-state index contributed by atoms with van der Waals surface area (Å²) in [5, 5.41) is 9.81. The van der Waals surface area contributed by atoms with Gasteiger partial charge in [-0.1, -0.05) is 0 Å². The summed E-state index contributed by atoms with van der Waals surface area (Å²) in [7, 11) is 1.74. The molecule has 1 amide bonds. The van der Waals surface area contributed by atoms with Gasteiger partial charge >= 0.3 is 0 Å². The fourth-order valence-electron chi connectivity index (χ4n) is 2.05. The summed E-state index contributed by atoms with van der Waals surface area (Å²) >= 11 is 5.90. The van der Waals surface area contributed by atoms with Crippen molar-refractivity contribution in [1.29, 1.82) is 0 Å². The molecule has 1 saturated carbocycles. The van der Waals surface area contributed by atoms with Crippen molar-refractivity contribution in [2.45, 2.75) is 18.2 Å². The van der Waals surface area contributed by atoms with Crippen LogP contribution >= 0.6 is 11.6 Å². The molecule has 1 aliphatic carbocycles. The summed E-state index contributed by atoms with van der Waals surface area (Å²) in [4.78, 5) is 17.4. The zero-order chi connectivity index (χ0) is 12.4. The van der Waals surface area contributed by atoms with Crippen molar-refractivity contribution < 1.29 is 9.90 Å². The second-order valence-electron chi connectivity index (χ2n) is 4.51. The SMILES string of the molecule is CN(CC1CC(Cl)C1)C(=O)c1ccncc1O. The molecule has 1 aliphatic rings. The summed E-state index contributed by atoms with van der Waals surface area (Å²) < 4.78 is 0. The van der Waals surface area contributed by atoms with Crippen LogP contribution in [0.15, 0.2) is 18.5 Å². The molecule has 5 heteroatoms. The highest BCUT2D eigenvalue weighted by Gasteiger charge is 2.29. The van der Waals surface area contributed by atoms with Gasteiger partial charge in [-0.25, -0.2) is 0 Å². The Morgan fingerprint density at radius 1 is 1.65 bits per heavy atom. The first-order valence-corrected chi connectivity index (χ1v) is 6.04. The normalized spacial score (nSPS) is 22.9. The second kappa shape index (κ2) is 4.92. The maximum atomic E-state index is 12.0. The van der Waals surface area contributed by atoms with Crippen LogP contribution in [0.4, 0.5) is 0 Å². The summed E-state index contributed by atoms with van der Waals surface area (Å²) in [5.74, 6) is 0.228. The van der Waals surface area contributed by atoms with Crippen molar-refractivity contribution in [3.05, 3.63) is 24.0 Å². The van der Waals surface area contributed by atoms with E-state index in [1.807, 2.05) is 0 Å². The molecule has 17 heavy (non-hydrogen) atoms. The lowest BCUT2D eigenvalue weighted by Crippen LogP contribution is -2.37. The molecule has 0 bridgehead atoms. The first-order chi connectivity index (χ1) is 8.08. The minimum absolute atomic E-state index is 0.0758. The van der Waals surface area contributed by atoms with E-state index in [1.54, 1.807) is 11.9 Å². The summed E-state index contributed by atoms with van der Waals surface area (Å²) in [6, 6.07) is 1.53. The van der Waals surface area contributed by atoms with E-state index in [1.165, 1.54) is 18.5 Å². The molecule has 1 N–H and O–H groups in total. The number of carbonyl (C=O) groups is 1. The molecule has 0 radical (unpaired) electrons. The number of hydrogen-bond acceptors (Lipinski definition) is 3. The highest BCUT2D eigenvalue weighted by atomic mass is 35.5. The largest absolute Gasteiger partial charge is 0.505 e. The molecule has 1 aromatic rings. The van der Waals surface area contributed by atoms with E-state index < -0.39 is 0 Å². The molecule has 0 unspecified atom stereocenters. The molecule has 1 fully saturated rings. The van der Waals surface area contributed by atoms with Crippen LogP contribution in [0.25, 0.3) is 0 Å². The van der Waals surface area contributed by atoms with Gasteiger partial charge in [-0.3, -0.25) is 9.78 Å². The van der Waals surface area contributed by atoms with E-state index >= 15 is 0 Å². The Hall–Kier alpha value is -1.29. The van der Waals surface area contributed by atoms with E-state index in [0.29, 0.717) is 18.0 Å². The molecule has 1 aromatic heterocycles. The molecule has 0 aromatic carbocycles. The lowest BCUT2D eigenvalue weighted by molar-refractivity contribution is 0.0743. The smallest absolute Gasteiger partial charge is 0.257 e. The second-order valence-corrected chi connectivity index (χ2v) is 5.13. The number of pyridine rings is 1. The van der Waals surface area contributed by atoms with Crippen molar-refractivity contribution in [3.63, 3.8) is 0 Å². The number of aromatic hydroxyl groups is 1. The Kier molecular flexibility index (Phi) is 3.52. The molecular formula is C12H15ClN2O2. The number of hydrogen-bond donors (Lipinski definition) is 1. The number of halogens is 1. The van der Waals surface area contributed by atoms with Gasteiger partial charge in [0.05, 0.1) is 11.8 Å². The topological polar surface area (TPSA) is 53.4 Å². The molecule has 92 valence electrons. The van der Waals surface area contributed by atoms with Crippen LogP contribution in [0.2, 0.25) is 0 Å². The van der Waals surface area contributed by atoms with E-state index in [-0.39, 0.29) is 17.0 Å². The predicted molar refractivity (Wildman–Crippen MR) is 65.2 cm³/mol. The fourth-order valence-corrected chi connectivity index (χ4v) is 2.55. The molecular weight excluding hydrogens is 240 g/mol. The van der Waals surface area contributed by atoms with Gasteiger partial charge in [-0.15, -0.1) is 11.6 Å². The van der Waals surface area contributed by atoms with Gasteiger partial charge in [0, 0.05) is 25.2 Å². The average molecular weight is 255 g/mol. The van der Waals surface area contributed by atoms with Crippen molar-refractivity contribution in [1.82, 2.24) is 9.88 Å². The lowest BCUT2D eigenvalue weighted by atomic mass is 9.84. The van der Waals surface area contributed by atoms with Gasteiger partial charge < -0.3 is 10.0 Å². The van der Waals surface area contributed by atoms with Crippen LogP contribution in [0.3, 0.4) is 0 Å². The third kappa shape index (κ3) is 2.69. The predicted octanol–water partition coefficient (Wildman–Crippen LogP) is 1.88. The standard InChI is InChI=1S/C12H15ClN2O2/c1-15(7-8-4-9(13)5-8)12(17)10-2-3-14-6-11(10)16/h2-3,6,8-9,16H,4-5,7H2,1H3. The van der Waals surface area contributed by atoms with Gasteiger partial charge in [-0.2, -0.15) is 0 Å². The number of nitrogens with zero attached hydrogens (tertiary/aromatic N) is 2. The number of rotatable bonds is 3. The Labute approximate surface area is 105 Å².